The Kier molecular flexibility index (Phi) is 4.20. The average Bonchev–Trinajstić information content (AvgIpc) is 2.18. The molecule has 2 unspecified atom stereocenters. The number of aliphatic hydroxyl groups excluding tert-OH is 1. The second-order valence-corrected chi connectivity index (χ2v) is 3.87. The summed E-state index contributed by atoms with van der Waals surface area (Å²) in [5, 5.41) is 12.5. The van der Waals surface area contributed by atoms with Crippen LogP contribution in [0.3, 0.4) is 0 Å². The first-order valence-electron chi connectivity index (χ1n) is 5.35. The standard InChI is InChI=1S/C10H20N2O2/c1-3-11-10(14)12(2)8-6-4-5-7-9(8)13/h8-9,13H,3-7H2,1-2H3,(H,11,14). The third-order valence-corrected chi connectivity index (χ3v) is 2.84. The predicted molar refractivity (Wildman–Crippen MR) is 55.1 cm³/mol. The van der Waals surface area contributed by atoms with Crippen LogP contribution in [-0.2, 0) is 0 Å². The van der Waals surface area contributed by atoms with E-state index in [2.05, 4.69) is 5.32 Å². The molecule has 0 bridgehead atoms. The van der Waals surface area contributed by atoms with Crippen LogP contribution in [0.4, 0.5) is 4.79 Å². The summed E-state index contributed by atoms with van der Waals surface area (Å²) in [6.07, 6.45) is 3.55. The van der Waals surface area contributed by atoms with E-state index in [1.165, 1.54) is 0 Å². The minimum atomic E-state index is -0.351. The molecule has 0 aliphatic heterocycles. The molecule has 0 aromatic carbocycles. The van der Waals surface area contributed by atoms with E-state index in [0.717, 1.165) is 25.7 Å². The molecule has 1 fully saturated rings. The number of nitrogens with one attached hydrogen (secondary N) is 1. The van der Waals surface area contributed by atoms with Crippen molar-refractivity contribution >= 4 is 6.03 Å². The molecule has 82 valence electrons. The summed E-state index contributed by atoms with van der Waals surface area (Å²) in [5.74, 6) is 0. The fourth-order valence-electron chi connectivity index (χ4n) is 1.97. The van der Waals surface area contributed by atoms with Gasteiger partial charge in [0.2, 0.25) is 0 Å². The van der Waals surface area contributed by atoms with Crippen molar-refractivity contribution in [3.63, 3.8) is 0 Å². The molecule has 1 rings (SSSR count). The summed E-state index contributed by atoms with van der Waals surface area (Å²) in [7, 11) is 1.75. The normalized spacial score (nSPS) is 27.1. The van der Waals surface area contributed by atoms with E-state index in [9.17, 15) is 9.90 Å². The maximum absolute atomic E-state index is 11.5. The number of aliphatic hydroxyl groups is 1. The molecule has 0 heterocycles. The SMILES string of the molecule is CCNC(=O)N(C)C1CCCCC1O. The number of rotatable bonds is 2. The first kappa shape index (κ1) is 11.3. The number of carbonyl (C=O) groups excluding carboxylic acids is 1. The van der Waals surface area contributed by atoms with Crippen LogP contribution in [0.15, 0.2) is 0 Å². The topological polar surface area (TPSA) is 52.6 Å². The largest absolute Gasteiger partial charge is 0.391 e. The molecule has 0 spiro atoms. The Morgan fingerprint density at radius 3 is 2.71 bits per heavy atom. The maximum Gasteiger partial charge on any atom is 0.317 e. The summed E-state index contributed by atoms with van der Waals surface area (Å²) in [4.78, 5) is 13.1. The number of amides is 2. The highest BCUT2D eigenvalue weighted by Gasteiger charge is 2.28. The summed E-state index contributed by atoms with van der Waals surface area (Å²) >= 11 is 0. The number of hydrogen-bond acceptors (Lipinski definition) is 2. The predicted octanol–water partition coefficient (Wildman–Crippen LogP) is 0.951. The number of likely N-dealkylation sites (N-methyl/N-ethyl adjacent to an activating group) is 1. The van der Waals surface area contributed by atoms with Crippen LogP contribution in [0.2, 0.25) is 0 Å². The molecule has 2 atom stereocenters. The Bertz CT molecular complexity index is 197. The van der Waals surface area contributed by atoms with E-state index in [1.54, 1.807) is 11.9 Å². The van der Waals surface area contributed by atoms with Crippen molar-refractivity contribution in [2.45, 2.75) is 44.8 Å². The molecule has 0 saturated heterocycles. The fraction of sp³-hybridized carbons (Fsp3) is 0.900. The lowest BCUT2D eigenvalue weighted by molar-refractivity contribution is 0.0466. The third kappa shape index (κ3) is 2.61. The van der Waals surface area contributed by atoms with Crippen LogP contribution < -0.4 is 5.32 Å². The van der Waals surface area contributed by atoms with Gasteiger partial charge < -0.3 is 15.3 Å². The zero-order chi connectivity index (χ0) is 10.6. The van der Waals surface area contributed by atoms with Crippen molar-refractivity contribution in [2.75, 3.05) is 13.6 Å². The number of hydrogen-bond donors (Lipinski definition) is 2. The number of urea groups is 1. The molecule has 4 nitrogen and oxygen atoms in total. The van der Waals surface area contributed by atoms with Gasteiger partial charge in [-0.2, -0.15) is 0 Å². The van der Waals surface area contributed by atoms with Gasteiger partial charge in [0.05, 0.1) is 12.1 Å². The van der Waals surface area contributed by atoms with Gasteiger partial charge in [0, 0.05) is 13.6 Å². The average molecular weight is 200 g/mol. The highest BCUT2D eigenvalue weighted by Crippen LogP contribution is 2.22. The summed E-state index contributed by atoms with van der Waals surface area (Å²) in [5.41, 5.74) is 0. The second-order valence-electron chi connectivity index (χ2n) is 3.87. The van der Waals surface area contributed by atoms with Crippen molar-refractivity contribution in [2.24, 2.45) is 0 Å². The lowest BCUT2D eigenvalue weighted by Gasteiger charge is -2.35. The highest BCUT2D eigenvalue weighted by atomic mass is 16.3. The van der Waals surface area contributed by atoms with Gasteiger partial charge in [-0.15, -0.1) is 0 Å². The molecule has 0 radical (unpaired) electrons. The van der Waals surface area contributed by atoms with Crippen LogP contribution in [0.25, 0.3) is 0 Å². The second kappa shape index (κ2) is 5.20. The molecular formula is C10H20N2O2. The van der Waals surface area contributed by atoms with Gasteiger partial charge in [-0.1, -0.05) is 12.8 Å². The Labute approximate surface area is 85.3 Å². The lowest BCUT2D eigenvalue weighted by atomic mass is 9.92. The van der Waals surface area contributed by atoms with Crippen molar-refractivity contribution in [3.05, 3.63) is 0 Å². The Morgan fingerprint density at radius 1 is 1.50 bits per heavy atom. The quantitative estimate of drug-likeness (QED) is 0.697. The Hall–Kier alpha value is -0.770. The molecule has 1 saturated carbocycles. The van der Waals surface area contributed by atoms with Crippen LogP contribution in [0.5, 0.6) is 0 Å². The fourth-order valence-corrected chi connectivity index (χ4v) is 1.97. The highest BCUT2D eigenvalue weighted by molar-refractivity contribution is 5.74. The zero-order valence-corrected chi connectivity index (χ0v) is 8.99. The van der Waals surface area contributed by atoms with Gasteiger partial charge in [0.15, 0.2) is 0 Å². The van der Waals surface area contributed by atoms with E-state index in [4.69, 9.17) is 0 Å². The minimum absolute atomic E-state index is 0.00435. The number of nitrogens with zero attached hydrogens (tertiary/aromatic N) is 1. The summed E-state index contributed by atoms with van der Waals surface area (Å²) in [6.45, 7) is 2.52. The van der Waals surface area contributed by atoms with E-state index >= 15 is 0 Å². The van der Waals surface area contributed by atoms with Crippen molar-refractivity contribution in [1.29, 1.82) is 0 Å². The van der Waals surface area contributed by atoms with Crippen LogP contribution in [-0.4, -0.2) is 41.8 Å². The van der Waals surface area contributed by atoms with Crippen molar-refractivity contribution in [3.8, 4) is 0 Å². The van der Waals surface area contributed by atoms with Crippen LogP contribution >= 0.6 is 0 Å². The van der Waals surface area contributed by atoms with Crippen LogP contribution in [0, 0.1) is 0 Å². The molecule has 0 aromatic heterocycles. The van der Waals surface area contributed by atoms with Crippen molar-refractivity contribution < 1.29 is 9.90 Å². The Morgan fingerprint density at radius 2 is 2.14 bits per heavy atom. The van der Waals surface area contributed by atoms with E-state index < -0.39 is 0 Å². The van der Waals surface area contributed by atoms with Crippen LogP contribution in [0.1, 0.15) is 32.6 Å². The summed E-state index contributed by atoms with van der Waals surface area (Å²) in [6, 6.07) is -0.0891. The molecule has 14 heavy (non-hydrogen) atoms. The van der Waals surface area contributed by atoms with Gasteiger partial charge >= 0.3 is 6.03 Å². The van der Waals surface area contributed by atoms with Crippen molar-refractivity contribution in [1.82, 2.24) is 10.2 Å². The lowest BCUT2D eigenvalue weighted by Crippen LogP contribution is -2.49. The minimum Gasteiger partial charge on any atom is -0.391 e. The van der Waals surface area contributed by atoms with Gasteiger partial charge in [-0.25, -0.2) is 4.79 Å². The molecule has 1 aliphatic carbocycles. The number of carbonyl (C=O) groups is 1. The molecule has 2 amide bonds. The van der Waals surface area contributed by atoms with E-state index in [1.807, 2.05) is 6.92 Å². The van der Waals surface area contributed by atoms with Gasteiger partial charge in [0.25, 0.3) is 0 Å². The zero-order valence-electron chi connectivity index (χ0n) is 8.99. The molecule has 4 heteroatoms. The Balaban J connectivity index is 2.48. The van der Waals surface area contributed by atoms with E-state index in [0.29, 0.717) is 6.54 Å². The first-order chi connectivity index (χ1) is 6.66. The van der Waals surface area contributed by atoms with Gasteiger partial charge in [-0.3, -0.25) is 0 Å². The molecular weight excluding hydrogens is 180 g/mol. The monoisotopic (exact) mass is 200 g/mol. The summed E-state index contributed by atoms with van der Waals surface area (Å²) < 4.78 is 0. The van der Waals surface area contributed by atoms with E-state index in [-0.39, 0.29) is 18.2 Å². The first-order valence-corrected chi connectivity index (χ1v) is 5.35. The third-order valence-electron chi connectivity index (χ3n) is 2.84. The van der Waals surface area contributed by atoms with Gasteiger partial charge in [0.1, 0.15) is 0 Å². The smallest absolute Gasteiger partial charge is 0.317 e. The van der Waals surface area contributed by atoms with Gasteiger partial charge in [-0.05, 0) is 19.8 Å². The maximum atomic E-state index is 11.5. The molecule has 1 aliphatic rings. The molecule has 0 aromatic rings. The molecule has 2 N–H and O–H groups in total.